The smallest absolute Gasteiger partial charge is 0.257 e. The van der Waals surface area contributed by atoms with Gasteiger partial charge in [-0.2, -0.15) is 5.10 Å². The number of rotatable bonds is 3. The molecule has 4 rings (SSSR count). The second-order valence-corrected chi connectivity index (χ2v) is 8.72. The Morgan fingerprint density at radius 3 is 2.66 bits per heavy atom. The second-order valence-electron chi connectivity index (χ2n) is 7.64. The largest absolute Gasteiger partial charge is 0.337 e. The van der Waals surface area contributed by atoms with E-state index in [1.54, 1.807) is 16.6 Å². The molecule has 0 atom stereocenters. The van der Waals surface area contributed by atoms with Crippen molar-refractivity contribution in [2.45, 2.75) is 33.2 Å². The summed E-state index contributed by atoms with van der Waals surface area (Å²) in [7, 11) is 3.52. The van der Waals surface area contributed by atoms with Gasteiger partial charge in [0, 0.05) is 43.8 Å². The maximum absolute atomic E-state index is 12.9. The lowest BCUT2D eigenvalue weighted by Crippen LogP contribution is -2.38. The quantitative estimate of drug-likeness (QED) is 0.758. The molecule has 0 aromatic carbocycles. The first-order valence-electron chi connectivity index (χ1n) is 9.77. The Morgan fingerprint density at radius 1 is 1.24 bits per heavy atom. The van der Waals surface area contributed by atoms with Gasteiger partial charge in [0.05, 0.1) is 24.2 Å². The van der Waals surface area contributed by atoms with Crippen LogP contribution in [0.5, 0.6) is 0 Å². The van der Waals surface area contributed by atoms with Gasteiger partial charge in [0.15, 0.2) is 0 Å². The van der Waals surface area contributed by atoms with E-state index in [4.69, 9.17) is 0 Å². The van der Waals surface area contributed by atoms with Gasteiger partial charge in [0.25, 0.3) is 5.91 Å². The summed E-state index contributed by atoms with van der Waals surface area (Å²) in [5.74, 6) is -0.115. The summed E-state index contributed by atoms with van der Waals surface area (Å²) in [5, 5.41) is 5.04. The van der Waals surface area contributed by atoms with Crippen LogP contribution in [0.4, 0.5) is 5.00 Å². The highest BCUT2D eigenvalue weighted by molar-refractivity contribution is 7.17. The van der Waals surface area contributed by atoms with Gasteiger partial charge in [-0.1, -0.05) is 0 Å². The van der Waals surface area contributed by atoms with Crippen LogP contribution in [-0.2, 0) is 36.0 Å². The van der Waals surface area contributed by atoms with Crippen LogP contribution < -0.4 is 4.90 Å². The molecule has 2 aliphatic heterocycles. The summed E-state index contributed by atoms with van der Waals surface area (Å²) in [6.07, 6.45) is 2.83. The number of nitrogens with zero attached hydrogens (tertiary/aromatic N) is 5. The number of anilines is 1. The third kappa shape index (κ3) is 3.33. The molecule has 0 saturated carbocycles. The Hall–Kier alpha value is -2.68. The Morgan fingerprint density at radius 2 is 2.00 bits per heavy atom. The zero-order chi connectivity index (χ0) is 20.9. The van der Waals surface area contributed by atoms with Crippen molar-refractivity contribution in [1.82, 2.24) is 19.6 Å². The van der Waals surface area contributed by atoms with Gasteiger partial charge in [-0.3, -0.25) is 19.1 Å². The minimum atomic E-state index is -0.104. The van der Waals surface area contributed by atoms with Crippen molar-refractivity contribution >= 4 is 34.1 Å². The highest BCUT2D eigenvalue weighted by Crippen LogP contribution is 2.41. The number of amides is 3. The van der Waals surface area contributed by atoms with Gasteiger partial charge in [-0.25, -0.2) is 0 Å². The second kappa shape index (κ2) is 7.29. The molecular formula is C20H25N5O3S. The standard InChI is InChI=1S/C20H25N5O3S/c1-5-25-17(27)11-22(3)19(28)18-14-6-7-24(10-15(14)29-20(18)25)16(26)8-13-9-23(4)21-12(13)2/h9H,5-8,10-11H2,1-4H3. The number of fused-ring (bicyclic) bond motifs is 3. The highest BCUT2D eigenvalue weighted by atomic mass is 32.1. The molecule has 0 spiro atoms. The molecule has 29 heavy (non-hydrogen) atoms. The SMILES string of the molecule is CCN1C(=O)CN(C)C(=O)c2c1sc1c2CCN(C(=O)Cc2cn(C)nc2C)C1. The summed E-state index contributed by atoms with van der Waals surface area (Å²) < 4.78 is 1.72. The lowest BCUT2D eigenvalue weighted by Gasteiger charge is -2.27. The molecule has 0 N–H and O–H groups in total. The molecule has 2 aromatic rings. The van der Waals surface area contributed by atoms with E-state index < -0.39 is 0 Å². The molecule has 0 fully saturated rings. The van der Waals surface area contributed by atoms with Crippen LogP contribution in [-0.4, -0.2) is 64.0 Å². The zero-order valence-corrected chi connectivity index (χ0v) is 18.0. The maximum Gasteiger partial charge on any atom is 0.257 e. The summed E-state index contributed by atoms with van der Waals surface area (Å²) in [4.78, 5) is 44.4. The van der Waals surface area contributed by atoms with Gasteiger partial charge in [-0.15, -0.1) is 11.3 Å². The lowest BCUT2D eigenvalue weighted by atomic mass is 10.0. The van der Waals surface area contributed by atoms with Gasteiger partial charge < -0.3 is 14.7 Å². The van der Waals surface area contributed by atoms with Crippen molar-refractivity contribution < 1.29 is 14.4 Å². The maximum atomic E-state index is 12.9. The minimum absolute atomic E-state index is 0.0576. The molecule has 0 radical (unpaired) electrons. The molecule has 0 saturated heterocycles. The van der Waals surface area contributed by atoms with Gasteiger partial charge in [-0.05, 0) is 25.8 Å². The Balaban J connectivity index is 1.62. The van der Waals surface area contributed by atoms with E-state index in [1.807, 2.05) is 32.0 Å². The van der Waals surface area contributed by atoms with E-state index in [0.717, 1.165) is 26.7 Å². The van der Waals surface area contributed by atoms with Crippen LogP contribution in [0.2, 0.25) is 0 Å². The van der Waals surface area contributed by atoms with Crippen molar-refractivity contribution in [2.75, 3.05) is 31.6 Å². The van der Waals surface area contributed by atoms with Crippen LogP contribution in [0.15, 0.2) is 6.20 Å². The third-order valence-corrected chi connectivity index (χ3v) is 6.88. The minimum Gasteiger partial charge on any atom is -0.337 e. The Bertz CT molecular complexity index is 1010. The number of hydrogen-bond acceptors (Lipinski definition) is 5. The average Bonchev–Trinajstić information content (AvgIpc) is 3.17. The van der Waals surface area contributed by atoms with E-state index in [2.05, 4.69) is 5.10 Å². The molecule has 2 aliphatic rings. The van der Waals surface area contributed by atoms with Gasteiger partial charge >= 0.3 is 0 Å². The fourth-order valence-corrected chi connectivity index (χ4v) is 5.53. The molecule has 2 aromatic heterocycles. The molecule has 4 heterocycles. The van der Waals surface area contributed by atoms with Gasteiger partial charge in [0.1, 0.15) is 11.5 Å². The monoisotopic (exact) mass is 415 g/mol. The molecule has 0 bridgehead atoms. The summed E-state index contributed by atoms with van der Waals surface area (Å²) >= 11 is 1.48. The topological polar surface area (TPSA) is 78.8 Å². The van der Waals surface area contributed by atoms with E-state index >= 15 is 0 Å². The fraction of sp³-hybridized carbons (Fsp3) is 0.500. The van der Waals surface area contributed by atoms with E-state index in [0.29, 0.717) is 38.0 Å². The van der Waals surface area contributed by atoms with Gasteiger partial charge in [0.2, 0.25) is 11.8 Å². The van der Waals surface area contributed by atoms with E-state index in [9.17, 15) is 14.4 Å². The first-order chi connectivity index (χ1) is 13.8. The summed E-state index contributed by atoms with van der Waals surface area (Å²) in [6.45, 7) is 5.50. The average molecular weight is 416 g/mol. The van der Waals surface area contributed by atoms with E-state index in [1.165, 1.54) is 16.2 Å². The molecule has 8 nitrogen and oxygen atoms in total. The Kier molecular flexibility index (Phi) is 4.94. The third-order valence-electron chi connectivity index (χ3n) is 5.64. The predicted molar refractivity (Wildman–Crippen MR) is 110 cm³/mol. The molecule has 9 heteroatoms. The summed E-state index contributed by atoms with van der Waals surface area (Å²) in [6, 6.07) is 0. The predicted octanol–water partition coefficient (Wildman–Crippen LogP) is 1.36. The molecular weight excluding hydrogens is 390 g/mol. The zero-order valence-electron chi connectivity index (χ0n) is 17.2. The Labute approximate surface area is 173 Å². The number of likely N-dealkylation sites (N-methyl/N-ethyl adjacent to an activating group) is 2. The van der Waals surface area contributed by atoms with Crippen molar-refractivity contribution in [3.05, 3.63) is 33.5 Å². The highest BCUT2D eigenvalue weighted by Gasteiger charge is 2.36. The fourth-order valence-electron chi connectivity index (χ4n) is 4.09. The number of carbonyl (C=O) groups excluding carboxylic acids is 3. The number of hydrogen-bond donors (Lipinski definition) is 0. The number of thiophene rings is 1. The van der Waals surface area contributed by atoms with Crippen molar-refractivity contribution in [3.8, 4) is 0 Å². The van der Waals surface area contributed by atoms with Crippen molar-refractivity contribution in [3.63, 3.8) is 0 Å². The van der Waals surface area contributed by atoms with Crippen LogP contribution in [0.1, 0.15) is 39.0 Å². The van der Waals surface area contributed by atoms with E-state index in [-0.39, 0.29) is 24.3 Å². The molecule has 3 amide bonds. The molecule has 0 unspecified atom stereocenters. The van der Waals surface area contributed by atoms with Crippen LogP contribution in [0, 0.1) is 6.92 Å². The number of aryl methyl sites for hydroxylation is 2. The van der Waals surface area contributed by atoms with Crippen LogP contribution in [0.3, 0.4) is 0 Å². The lowest BCUT2D eigenvalue weighted by molar-refractivity contribution is -0.131. The van der Waals surface area contributed by atoms with Crippen molar-refractivity contribution in [2.24, 2.45) is 7.05 Å². The van der Waals surface area contributed by atoms with Crippen molar-refractivity contribution in [1.29, 1.82) is 0 Å². The molecule has 154 valence electrons. The normalized spacial score (nSPS) is 16.8. The first kappa shape index (κ1) is 19.6. The first-order valence-corrected chi connectivity index (χ1v) is 10.6. The summed E-state index contributed by atoms with van der Waals surface area (Å²) in [5.41, 5.74) is 3.45. The molecule has 0 aliphatic carbocycles. The van der Waals surface area contributed by atoms with Crippen LogP contribution in [0.25, 0.3) is 0 Å². The van der Waals surface area contributed by atoms with Crippen LogP contribution >= 0.6 is 11.3 Å². The number of carbonyl (C=O) groups is 3. The number of aromatic nitrogens is 2.